The monoisotopic (exact) mass is 391 g/mol. The lowest BCUT2D eigenvalue weighted by Gasteiger charge is -2.26. The number of halogens is 2. The van der Waals surface area contributed by atoms with Gasteiger partial charge >= 0.3 is 0 Å². The fraction of sp³-hybridized carbons (Fsp3) is 0.562. The highest BCUT2D eigenvalue weighted by Crippen LogP contribution is 2.22. The molecule has 1 heterocycles. The molecule has 0 spiro atoms. The van der Waals surface area contributed by atoms with Crippen LogP contribution in [0.25, 0.3) is 0 Å². The Morgan fingerprint density at radius 2 is 2.00 bits per heavy atom. The van der Waals surface area contributed by atoms with Gasteiger partial charge in [0.2, 0.25) is 15.9 Å². The lowest BCUT2D eigenvalue weighted by atomic mass is 10.3. The number of hydrogen-bond acceptors (Lipinski definition) is 5. The zero-order valence-electron chi connectivity index (χ0n) is 14.6. The Balaban J connectivity index is 1.88. The second kappa shape index (κ2) is 9.24. The fourth-order valence-electron chi connectivity index (χ4n) is 2.61. The third kappa shape index (κ3) is 6.19. The molecule has 0 saturated carbocycles. The van der Waals surface area contributed by atoms with E-state index in [-0.39, 0.29) is 5.69 Å². The molecule has 146 valence electrons. The summed E-state index contributed by atoms with van der Waals surface area (Å²) in [6.45, 7) is 3.68. The van der Waals surface area contributed by atoms with Crippen molar-refractivity contribution < 1.29 is 26.7 Å². The molecule has 1 aliphatic heterocycles. The number of hydrogen-bond donors (Lipinski definition) is 1. The van der Waals surface area contributed by atoms with Crippen LogP contribution in [0.5, 0.6) is 0 Å². The zero-order chi connectivity index (χ0) is 19.2. The molecule has 0 aromatic heterocycles. The van der Waals surface area contributed by atoms with Crippen LogP contribution in [-0.2, 0) is 19.6 Å². The van der Waals surface area contributed by atoms with Crippen molar-refractivity contribution in [1.29, 1.82) is 0 Å². The normalized spacial score (nSPS) is 15.7. The van der Waals surface area contributed by atoms with Crippen molar-refractivity contribution in [1.82, 2.24) is 10.2 Å². The zero-order valence-corrected chi connectivity index (χ0v) is 15.4. The van der Waals surface area contributed by atoms with E-state index < -0.39 is 34.1 Å². The molecule has 1 saturated heterocycles. The Bertz CT molecular complexity index is 724. The molecule has 1 fully saturated rings. The van der Waals surface area contributed by atoms with Crippen molar-refractivity contribution in [3.05, 3.63) is 29.8 Å². The highest BCUT2D eigenvalue weighted by molar-refractivity contribution is 7.92. The van der Waals surface area contributed by atoms with Crippen LogP contribution in [0.2, 0.25) is 0 Å². The van der Waals surface area contributed by atoms with Crippen LogP contribution in [0.3, 0.4) is 0 Å². The van der Waals surface area contributed by atoms with E-state index in [1.54, 1.807) is 0 Å². The molecule has 0 radical (unpaired) electrons. The van der Waals surface area contributed by atoms with Gasteiger partial charge in [0.15, 0.2) is 0 Å². The molecular formula is C16H23F2N3O4S. The second-order valence-corrected chi connectivity index (χ2v) is 7.93. The maximum atomic E-state index is 13.9. The lowest BCUT2D eigenvalue weighted by Crippen LogP contribution is -2.42. The van der Waals surface area contributed by atoms with Gasteiger partial charge in [0.05, 0.1) is 25.2 Å². The Morgan fingerprint density at radius 1 is 1.31 bits per heavy atom. The summed E-state index contributed by atoms with van der Waals surface area (Å²) in [5.74, 6) is -2.43. The summed E-state index contributed by atoms with van der Waals surface area (Å²) < 4.78 is 56.6. The highest BCUT2D eigenvalue weighted by Gasteiger charge is 2.23. The smallest absolute Gasteiger partial charge is 0.240 e. The van der Waals surface area contributed by atoms with Gasteiger partial charge in [-0.25, -0.2) is 17.2 Å². The number of carbonyl (C=O) groups excluding carboxylic acids is 1. The summed E-state index contributed by atoms with van der Waals surface area (Å²) in [6, 6.07) is 2.52. The summed E-state index contributed by atoms with van der Waals surface area (Å²) in [5, 5.41) is 2.63. The predicted molar refractivity (Wildman–Crippen MR) is 93.4 cm³/mol. The maximum Gasteiger partial charge on any atom is 0.240 e. The number of carbonyl (C=O) groups is 1. The lowest BCUT2D eigenvalue weighted by molar-refractivity contribution is -0.119. The molecule has 0 unspecified atom stereocenters. The molecule has 26 heavy (non-hydrogen) atoms. The van der Waals surface area contributed by atoms with Crippen LogP contribution >= 0.6 is 0 Å². The van der Waals surface area contributed by atoms with E-state index in [4.69, 9.17) is 4.74 Å². The van der Waals surface area contributed by atoms with E-state index in [9.17, 15) is 22.0 Å². The topological polar surface area (TPSA) is 79.0 Å². The van der Waals surface area contributed by atoms with Gasteiger partial charge in [0.25, 0.3) is 0 Å². The van der Waals surface area contributed by atoms with Crippen molar-refractivity contribution in [2.24, 2.45) is 0 Å². The van der Waals surface area contributed by atoms with E-state index in [0.717, 1.165) is 38.0 Å². The van der Waals surface area contributed by atoms with E-state index in [1.807, 2.05) is 0 Å². The number of anilines is 1. The summed E-state index contributed by atoms with van der Waals surface area (Å²) >= 11 is 0. The first-order valence-corrected chi connectivity index (χ1v) is 10.1. The molecule has 0 aliphatic carbocycles. The summed E-state index contributed by atoms with van der Waals surface area (Å²) in [7, 11) is -3.91. The van der Waals surface area contributed by atoms with E-state index in [0.29, 0.717) is 36.6 Å². The third-order valence-electron chi connectivity index (χ3n) is 3.94. The Labute approximate surface area is 152 Å². The van der Waals surface area contributed by atoms with Gasteiger partial charge in [-0.05, 0) is 25.1 Å². The molecule has 7 nitrogen and oxygen atoms in total. The number of rotatable bonds is 8. The number of morpholine rings is 1. The quantitative estimate of drug-likeness (QED) is 0.656. The second-order valence-electron chi connectivity index (χ2n) is 6.02. The van der Waals surface area contributed by atoms with E-state index >= 15 is 0 Å². The van der Waals surface area contributed by atoms with E-state index in [1.165, 1.54) is 0 Å². The molecule has 2 rings (SSSR count). The van der Waals surface area contributed by atoms with Crippen LogP contribution in [0, 0.1) is 11.6 Å². The number of amides is 1. The van der Waals surface area contributed by atoms with Crippen LogP contribution < -0.4 is 9.62 Å². The first-order chi connectivity index (χ1) is 12.3. The standard InChI is InChI=1S/C16H23F2N3O4S/c1-26(23,24)21(15-4-3-13(17)11-14(15)18)12-16(22)19-5-2-6-20-7-9-25-10-8-20/h3-4,11H,2,5-10,12H2,1H3,(H,19,22). The minimum absolute atomic E-state index is 0.364. The average molecular weight is 391 g/mol. The highest BCUT2D eigenvalue weighted by atomic mass is 32.2. The van der Waals surface area contributed by atoms with Crippen LogP contribution in [0.15, 0.2) is 18.2 Å². The Kier molecular flexibility index (Phi) is 7.30. The molecule has 0 bridgehead atoms. The molecule has 10 heteroatoms. The number of nitrogens with zero attached hydrogens (tertiary/aromatic N) is 2. The summed E-state index contributed by atoms with van der Waals surface area (Å²) in [6.07, 6.45) is 1.57. The van der Waals surface area contributed by atoms with Gasteiger partial charge < -0.3 is 10.1 Å². The van der Waals surface area contributed by atoms with Crippen molar-refractivity contribution in [2.45, 2.75) is 6.42 Å². The van der Waals surface area contributed by atoms with Crippen LogP contribution in [0.1, 0.15) is 6.42 Å². The third-order valence-corrected chi connectivity index (χ3v) is 5.07. The van der Waals surface area contributed by atoms with Gasteiger partial charge in [-0.3, -0.25) is 14.0 Å². The van der Waals surface area contributed by atoms with Gasteiger partial charge in [0.1, 0.15) is 18.2 Å². The van der Waals surface area contributed by atoms with Crippen molar-refractivity contribution in [2.75, 3.05) is 56.5 Å². The molecule has 1 amide bonds. The summed E-state index contributed by atoms with van der Waals surface area (Å²) in [4.78, 5) is 14.3. The molecule has 1 aliphatic rings. The first-order valence-electron chi connectivity index (χ1n) is 8.27. The van der Waals surface area contributed by atoms with Crippen molar-refractivity contribution >= 4 is 21.6 Å². The molecule has 1 aromatic rings. The van der Waals surface area contributed by atoms with Gasteiger partial charge in [-0.15, -0.1) is 0 Å². The average Bonchev–Trinajstić information content (AvgIpc) is 2.57. The Hall–Kier alpha value is -1.78. The van der Waals surface area contributed by atoms with Gasteiger partial charge in [-0.1, -0.05) is 0 Å². The fourth-order valence-corrected chi connectivity index (χ4v) is 3.46. The minimum atomic E-state index is -3.91. The molecular weight excluding hydrogens is 368 g/mol. The van der Waals surface area contributed by atoms with Crippen LogP contribution in [0.4, 0.5) is 14.5 Å². The summed E-state index contributed by atoms with van der Waals surface area (Å²) in [5.41, 5.74) is -0.364. The van der Waals surface area contributed by atoms with Crippen LogP contribution in [-0.4, -0.2) is 71.4 Å². The number of sulfonamides is 1. The maximum absolute atomic E-state index is 13.9. The van der Waals surface area contributed by atoms with Crippen molar-refractivity contribution in [3.63, 3.8) is 0 Å². The SMILES string of the molecule is CS(=O)(=O)N(CC(=O)NCCCN1CCOCC1)c1ccc(F)cc1F. The first kappa shape index (κ1) is 20.5. The number of ether oxygens (including phenoxy) is 1. The number of nitrogens with one attached hydrogen (secondary N) is 1. The Morgan fingerprint density at radius 3 is 2.62 bits per heavy atom. The molecule has 1 N–H and O–H groups in total. The van der Waals surface area contributed by atoms with E-state index in [2.05, 4.69) is 10.2 Å². The largest absolute Gasteiger partial charge is 0.379 e. The minimum Gasteiger partial charge on any atom is -0.379 e. The predicted octanol–water partition coefficient (Wildman–Crippen LogP) is 0.569. The van der Waals surface area contributed by atoms with Crippen molar-refractivity contribution in [3.8, 4) is 0 Å². The number of benzene rings is 1. The van der Waals surface area contributed by atoms with Gasteiger partial charge in [0, 0.05) is 25.7 Å². The molecule has 0 atom stereocenters. The van der Waals surface area contributed by atoms with Gasteiger partial charge in [-0.2, -0.15) is 0 Å². The molecule has 1 aromatic carbocycles.